The molecule has 1 aliphatic rings. The quantitative estimate of drug-likeness (QED) is 0.381. The lowest BCUT2D eigenvalue weighted by molar-refractivity contribution is -0.147. The molecule has 0 spiro atoms. The van der Waals surface area contributed by atoms with Gasteiger partial charge in [-0.3, -0.25) is 4.79 Å². The zero-order valence-electron chi connectivity index (χ0n) is 19.0. The highest BCUT2D eigenvalue weighted by molar-refractivity contribution is 6.37. The molecule has 1 aromatic heterocycles. The third-order valence-corrected chi connectivity index (χ3v) is 7.17. The standard InChI is InChI=1S/C26H26Cl2N2O3/c1-4-32-26(31)17-5-6-19(11-17)33-24-8-7-22(27)21(25(24)28)13-18-12-20-15(2)9-16(14-29)10-23(20)30(18)3/h7-10,12,17,19H,4-6,11,13H2,1-3H3. The maximum Gasteiger partial charge on any atom is 0.309 e. The van der Waals surface area contributed by atoms with Crippen LogP contribution in [-0.2, 0) is 23.0 Å². The van der Waals surface area contributed by atoms with Gasteiger partial charge in [-0.25, -0.2) is 0 Å². The molecular weight excluding hydrogens is 459 g/mol. The minimum absolute atomic E-state index is 0.0874. The first-order chi connectivity index (χ1) is 15.8. The monoisotopic (exact) mass is 484 g/mol. The summed E-state index contributed by atoms with van der Waals surface area (Å²) in [4.78, 5) is 12.0. The summed E-state index contributed by atoms with van der Waals surface area (Å²) in [7, 11) is 1.98. The number of fused-ring (bicyclic) bond motifs is 1. The molecule has 0 radical (unpaired) electrons. The van der Waals surface area contributed by atoms with Crippen LogP contribution in [0.5, 0.6) is 5.75 Å². The van der Waals surface area contributed by atoms with Crippen LogP contribution in [0.25, 0.3) is 10.9 Å². The van der Waals surface area contributed by atoms with E-state index in [0.29, 0.717) is 40.8 Å². The Morgan fingerprint density at radius 2 is 2.03 bits per heavy atom. The van der Waals surface area contributed by atoms with Crippen molar-refractivity contribution >= 4 is 40.1 Å². The molecule has 33 heavy (non-hydrogen) atoms. The van der Waals surface area contributed by atoms with Crippen molar-refractivity contribution in [1.29, 1.82) is 5.26 Å². The number of carbonyl (C=O) groups excluding carboxylic acids is 1. The van der Waals surface area contributed by atoms with Gasteiger partial charge < -0.3 is 14.0 Å². The first kappa shape index (κ1) is 23.5. The maximum absolute atomic E-state index is 12.0. The molecule has 5 nitrogen and oxygen atoms in total. The number of nitrogens with zero attached hydrogens (tertiary/aromatic N) is 2. The summed E-state index contributed by atoms with van der Waals surface area (Å²) in [6.07, 6.45) is 2.59. The number of hydrogen-bond donors (Lipinski definition) is 0. The Hall–Kier alpha value is -2.68. The van der Waals surface area contributed by atoms with Crippen LogP contribution in [0.2, 0.25) is 10.0 Å². The molecule has 0 bridgehead atoms. The average Bonchev–Trinajstić information content (AvgIpc) is 3.38. The minimum atomic E-state index is -0.155. The summed E-state index contributed by atoms with van der Waals surface area (Å²) in [5, 5.41) is 11.5. The Labute approximate surface area is 203 Å². The second-order valence-electron chi connectivity index (χ2n) is 8.55. The zero-order chi connectivity index (χ0) is 23.7. The molecule has 2 unspecified atom stereocenters. The third-order valence-electron chi connectivity index (χ3n) is 6.40. The first-order valence-corrected chi connectivity index (χ1v) is 11.9. The lowest BCUT2D eigenvalue weighted by atomic mass is 10.1. The number of benzene rings is 2. The summed E-state index contributed by atoms with van der Waals surface area (Å²) < 4.78 is 13.4. The summed E-state index contributed by atoms with van der Waals surface area (Å²) in [5.41, 5.74) is 4.51. The Kier molecular flexibility index (Phi) is 6.88. The Balaban J connectivity index is 1.58. The fraction of sp³-hybridized carbons (Fsp3) is 0.385. The van der Waals surface area contributed by atoms with E-state index in [1.807, 2.05) is 33.0 Å². The second-order valence-corrected chi connectivity index (χ2v) is 9.33. The van der Waals surface area contributed by atoms with Crippen LogP contribution in [0.3, 0.4) is 0 Å². The fourth-order valence-electron chi connectivity index (χ4n) is 4.61. The molecule has 7 heteroatoms. The molecule has 1 aliphatic carbocycles. The maximum atomic E-state index is 12.0. The van der Waals surface area contributed by atoms with E-state index in [1.54, 1.807) is 12.1 Å². The minimum Gasteiger partial charge on any atom is -0.489 e. The molecule has 1 saturated carbocycles. The van der Waals surface area contributed by atoms with E-state index in [0.717, 1.165) is 40.6 Å². The van der Waals surface area contributed by atoms with Crippen molar-refractivity contribution in [2.75, 3.05) is 6.61 Å². The first-order valence-electron chi connectivity index (χ1n) is 11.1. The van der Waals surface area contributed by atoms with E-state index >= 15 is 0 Å². The van der Waals surface area contributed by atoms with Crippen LogP contribution in [0.15, 0.2) is 30.3 Å². The molecular formula is C26H26Cl2N2O3. The molecule has 172 valence electrons. The molecule has 0 aliphatic heterocycles. The lowest BCUT2D eigenvalue weighted by Crippen LogP contribution is -2.18. The van der Waals surface area contributed by atoms with E-state index in [9.17, 15) is 10.1 Å². The number of carbonyl (C=O) groups is 1. The topological polar surface area (TPSA) is 64.2 Å². The van der Waals surface area contributed by atoms with Crippen molar-refractivity contribution in [1.82, 2.24) is 4.57 Å². The van der Waals surface area contributed by atoms with Gasteiger partial charge in [0.15, 0.2) is 0 Å². The van der Waals surface area contributed by atoms with Gasteiger partial charge in [0.05, 0.1) is 35.3 Å². The van der Waals surface area contributed by atoms with Gasteiger partial charge in [-0.15, -0.1) is 0 Å². The van der Waals surface area contributed by atoms with Gasteiger partial charge in [0, 0.05) is 35.1 Å². The number of nitriles is 1. The van der Waals surface area contributed by atoms with E-state index in [2.05, 4.69) is 16.7 Å². The molecule has 1 heterocycles. The van der Waals surface area contributed by atoms with Crippen LogP contribution in [-0.4, -0.2) is 23.2 Å². The molecule has 3 aromatic rings. The molecule has 2 aromatic carbocycles. The van der Waals surface area contributed by atoms with Gasteiger partial charge in [0.2, 0.25) is 0 Å². The van der Waals surface area contributed by atoms with Crippen LogP contribution in [0.1, 0.15) is 48.6 Å². The molecule has 0 amide bonds. The summed E-state index contributed by atoms with van der Waals surface area (Å²) in [6.45, 7) is 4.21. The van der Waals surface area contributed by atoms with Gasteiger partial charge in [-0.1, -0.05) is 23.2 Å². The number of hydrogen-bond acceptors (Lipinski definition) is 4. The van der Waals surface area contributed by atoms with Crippen molar-refractivity contribution in [2.24, 2.45) is 13.0 Å². The van der Waals surface area contributed by atoms with Gasteiger partial charge in [0.25, 0.3) is 0 Å². The number of aromatic nitrogens is 1. The molecule has 0 saturated heterocycles. The van der Waals surface area contributed by atoms with Crippen molar-refractivity contribution in [3.63, 3.8) is 0 Å². The highest BCUT2D eigenvalue weighted by atomic mass is 35.5. The molecule has 0 N–H and O–H groups in total. The number of aryl methyl sites for hydroxylation is 2. The SMILES string of the molecule is CCOC(=O)C1CCC(Oc2ccc(Cl)c(Cc3cc4c(C)cc(C#N)cc4n3C)c2Cl)C1. The zero-order valence-corrected chi connectivity index (χ0v) is 20.5. The van der Waals surface area contributed by atoms with Crippen LogP contribution < -0.4 is 4.74 Å². The number of ether oxygens (including phenoxy) is 2. The van der Waals surface area contributed by atoms with Gasteiger partial charge in [-0.05, 0) is 74.6 Å². The fourth-order valence-corrected chi connectivity index (χ4v) is 5.16. The predicted molar refractivity (Wildman–Crippen MR) is 130 cm³/mol. The van der Waals surface area contributed by atoms with Crippen molar-refractivity contribution < 1.29 is 14.3 Å². The van der Waals surface area contributed by atoms with Crippen molar-refractivity contribution in [3.05, 3.63) is 62.8 Å². The van der Waals surface area contributed by atoms with Gasteiger partial charge in [0.1, 0.15) is 5.75 Å². The van der Waals surface area contributed by atoms with E-state index in [-0.39, 0.29) is 18.0 Å². The van der Waals surface area contributed by atoms with Gasteiger partial charge in [-0.2, -0.15) is 5.26 Å². The normalized spacial score (nSPS) is 17.8. The largest absolute Gasteiger partial charge is 0.489 e. The average molecular weight is 485 g/mol. The highest BCUT2D eigenvalue weighted by Gasteiger charge is 2.32. The smallest absolute Gasteiger partial charge is 0.309 e. The second kappa shape index (κ2) is 9.67. The Morgan fingerprint density at radius 3 is 2.76 bits per heavy atom. The van der Waals surface area contributed by atoms with Crippen LogP contribution >= 0.6 is 23.2 Å². The summed E-state index contributed by atoms with van der Waals surface area (Å²) >= 11 is 13.3. The summed E-state index contributed by atoms with van der Waals surface area (Å²) in [6, 6.07) is 11.7. The molecule has 4 rings (SSSR count). The van der Waals surface area contributed by atoms with Crippen molar-refractivity contribution in [3.8, 4) is 11.8 Å². The highest BCUT2D eigenvalue weighted by Crippen LogP contribution is 2.39. The van der Waals surface area contributed by atoms with E-state index < -0.39 is 0 Å². The molecule has 2 atom stereocenters. The van der Waals surface area contributed by atoms with Gasteiger partial charge >= 0.3 is 5.97 Å². The van der Waals surface area contributed by atoms with Crippen molar-refractivity contribution in [2.45, 2.75) is 45.6 Å². The van der Waals surface area contributed by atoms with Crippen LogP contribution in [0, 0.1) is 24.2 Å². The number of rotatable bonds is 6. The van der Waals surface area contributed by atoms with E-state index in [4.69, 9.17) is 32.7 Å². The van der Waals surface area contributed by atoms with E-state index in [1.165, 1.54) is 0 Å². The summed E-state index contributed by atoms with van der Waals surface area (Å²) in [5.74, 6) is 0.294. The van der Waals surface area contributed by atoms with Crippen LogP contribution in [0.4, 0.5) is 0 Å². The Bertz CT molecular complexity index is 1260. The lowest BCUT2D eigenvalue weighted by Gasteiger charge is -2.18. The number of halogens is 2. The predicted octanol–water partition coefficient (Wildman–Crippen LogP) is 6.37. The number of esters is 1. The Morgan fingerprint density at radius 1 is 1.24 bits per heavy atom. The molecule has 1 fully saturated rings. The third kappa shape index (κ3) is 4.69.